The molecule has 0 unspecified atom stereocenters. The molecule has 0 spiro atoms. The van der Waals surface area contributed by atoms with Crippen molar-refractivity contribution in [3.05, 3.63) is 34.9 Å². The van der Waals surface area contributed by atoms with Crippen LogP contribution in [0.2, 0.25) is 0 Å². The van der Waals surface area contributed by atoms with Gasteiger partial charge in [-0.15, -0.1) is 0 Å². The maximum atomic E-state index is 12.2. The first-order valence-corrected chi connectivity index (χ1v) is 6.39. The predicted molar refractivity (Wildman–Crippen MR) is 68.4 cm³/mol. The van der Waals surface area contributed by atoms with Crippen molar-refractivity contribution in [2.75, 3.05) is 19.6 Å². The van der Waals surface area contributed by atoms with Gasteiger partial charge in [0.1, 0.15) is 0 Å². The highest BCUT2D eigenvalue weighted by atomic mass is 16.3. The number of carbonyl (C=O) groups is 1. The van der Waals surface area contributed by atoms with Gasteiger partial charge in [-0.3, -0.25) is 4.79 Å². The third-order valence-electron chi connectivity index (χ3n) is 3.69. The van der Waals surface area contributed by atoms with E-state index in [2.05, 4.69) is 11.4 Å². The molecule has 1 aromatic rings. The van der Waals surface area contributed by atoms with Crippen molar-refractivity contribution in [3.8, 4) is 0 Å². The Hall–Kier alpha value is -1.39. The molecular formula is C14H18N2O2. The molecule has 0 aromatic heterocycles. The highest BCUT2D eigenvalue weighted by molar-refractivity contribution is 5.95. The van der Waals surface area contributed by atoms with E-state index in [1.807, 2.05) is 12.1 Å². The zero-order valence-corrected chi connectivity index (χ0v) is 10.6. The Morgan fingerprint density at radius 1 is 1.39 bits per heavy atom. The summed E-state index contributed by atoms with van der Waals surface area (Å²) in [6, 6.07) is 5.94. The number of aliphatic hydroxyl groups is 1. The van der Waals surface area contributed by atoms with Gasteiger partial charge in [0.2, 0.25) is 0 Å². The van der Waals surface area contributed by atoms with E-state index in [0.29, 0.717) is 13.1 Å². The van der Waals surface area contributed by atoms with Gasteiger partial charge in [-0.1, -0.05) is 6.07 Å². The Kier molecular flexibility index (Phi) is 2.64. The summed E-state index contributed by atoms with van der Waals surface area (Å²) in [5, 5.41) is 13.0. The minimum absolute atomic E-state index is 0.0231. The summed E-state index contributed by atoms with van der Waals surface area (Å²) in [7, 11) is 0. The van der Waals surface area contributed by atoms with Crippen LogP contribution in [0.3, 0.4) is 0 Å². The summed E-state index contributed by atoms with van der Waals surface area (Å²) in [6.45, 7) is 4.47. The monoisotopic (exact) mass is 246 g/mol. The first-order valence-electron chi connectivity index (χ1n) is 6.39. The highest BCUT2D eigenvalue weighted by Crippen LogP contribution is 2.23. The zero-order chi connectivity index (χ0) is 12.8. The van der Waals surface area contributed by atoms with E-state index in [0.717, 1.165) is 25.1 Å². The minimum Gasteiger partial charge on any atom is -0.386 e. The van der Waals surface area contributed by atoms with E-state index in [4.69, 9.17) is 0 Å². The molecule has 2 aliphatic heterocycles. The number of nitrogens with one attached hydrogen (secondary N) is 1. The van der Waals surface area contributed by atoms with Crippen molar-refractivity contribution in [3.63, 3.8) is 0 Å². The fraction of sp³-hybridized carbons (Fsp3) is 0.500. The number of fused-ring (bicyclic) bond motifs is 1. The molecule has 0 aliphatic carbocycles. The molecule has 2 heterocycles. The van der Waals surface area contributed by atoms with Crippen molar-refractivity contribution < 1.29 is 9.90 Å². The van der Waals surface area contributed by atoms with E-state index >= 15 is 0 Å². The molecule has 18 heavy (non-hydrogen) atoms. The molecule has 0 atom stereocenters. The van der Waals surface area contributed by atoms with Crippen LogP contribution >= 0.6 is 0 Å². The number of likely N-dealkylation sites (tertiary alicyclic amines) is 1. The van der Waals surface area contributed by atoms with E-state index in [-0.39, 0.29) is 5.91 Å². The molecule has 0 bridgehead atoms. The van der Waals surface area contributed by atoms with Crippen LogP contribution in [-0.2, 0) is 13.0 Å². The minimum atomic E-state index is -0.703. The molecule has 1 saturated heterocycles. The van der Waals surface area contributed by atoms with Crippen molar-refractivity contribution in [2.45, 2.75) is 25.5 Å². The molecule has 2 aliphatic rings. The van der Waals surface area contributed by atoms with Crippen LogP contribution in [0.5, 0.6) is 0 Å². The number of hydrogen-bond donors (Lipinski definition) is 2. The van der Waals surface area contributed by atoms with Crippen LogP contribution < -0.4 is 5.32 Å². The number of amides is 1. The summed E-state index contributed by atoms with van der Waals surface area (Å²) in [6.07, 6.45) is 1.03. The first-order chi connectivity index (χ1) is 8.55. The first kappa shape index (κ1) is 11.7. The Morgan fingerprint density at radius 2 is 2.17 bits per heavy atom. The summed E-state index contributed by atoms with van der Waals surface area (Å²) in [5.41, 5.74) is 2.58. The summed E-state index contributed by atoms with van der Waals surface area (Å²) in [5.74, 6) is 0.0231. The fourth-order valence-electron chi connectivity index (χ4n) is 2.72. The maximum Gasteiger partial charge on any atom is 0.254 e. The van der Waals surface area contributed by atoms with Crippen LogP contribution in [0.15, 0.2) is 18.2 Å². The number of β-amino-alcohol motifs (C(OH)–C–C–N with tert-alkyl or cyclic N) is 1. The van der Waals surface area contributed by atoms with Gasteiger partial charge < -0.3 is 15.3 Å². The summed E-state index contributed by atoms with van der Waals surface area (Å²) in [4.78, 5) is 13.9. The SMILES string of the molecule is CC1(O)CN(C(=O)c2ccc3c(c2)CNCC3)C1. The van der Waals surface area contributed by atoms with Gasteiger partial charge in [-0.25, -0.2) is 0 Å². The van der Waals surface area contributed by atoms with Gasteiger partial charge in [-0.2, -0.15) is 0 Å². The molecule has 0 saturated carbocycles. The molecule has 2 N–H and O–H groups in total. The summed E-state index contributed by atoms with van der Waals surface area (Å²) < 4.78 is 0. The molecule has 1 amide bonds. The zero-order valence-electron chi connectivity index (χ0n) is 10.6. The van der Waals surface area contributed by atoms with E-state index < -0.39 is 5.60 Å². The quantitative estimate of drug-likeness (QED) is 0.760. The molecule has 96 valence electrons. The number of benzene rings is 1. The summed E-state index contributed by atoms with van der Waals surface area (Å²) >= 11 is 0. The Bertz CT molecular complexity index is 489. The number of rotatable bonds is 1. The maximum absolute atomic E-state index is 12.2. The van der Waals surface area contributed by atoms with Crippen molar-refractivity contribution >= 4 is 5.91 Å². The topological polar surface area (TPSA) is 52.6 Å². The standard InChI is InChI=1S/C14H18N2O2/c1-14(18)8-16(9-14)13(17)11-3-2-10-4-5-15-7-12(10)6-11/h2-3,6,15,18H,4-5,7-9H2,1H3. The van der Waals surface area contributed by atoms with Gasteiger partial charge >= 0.3 is 0 Å². The third-order valence-corrected chi connectivity index (χ3v) is 3.69. The largest absolute Gasteiger partial charge is 0.386 e. The molecule has 4 heteroatoms. The van der Waals surface area contributed by atoms with Gasteiger partial charge in [0.25, 0.3) is 5.91 Å². The van der Waals surface area contributed by atoms with Crippen molar-refractivity contribution in [2.24, 2.45) is 0 Å². The normalized spacial score (nSPS) is 21.1. The third kappa shape index (κ3) is 2.02. The van der Waals surface area contributed by atoms with Crippen LogP contribution in [-0.4, -0.2) is 41.1 Å². The molecule has 0 radical (unpaired) electrons. The van der Waals surface area contributed by atoms with E-state index in [1.165, 1.54) is 11.1 Å². The second-order valence-corrected chi connectivity index (χ2v) is 5.57. The average molecular weight is 246 g/mol. The van der Waals surface area contributed by atoms with Crippen LogP contribution in [0.4, 0.5) is 0 Å². The second-order valence-electron chi connectivity index (χ2n) is 5.57. The van der Waals surface area contributed by atoms with E-state index in [9.17, 15) is 9.90 Å². The number of hydrogen-bond acceptors (Lipinski definition) is 3. The lowest BCUT2D eigenvalue weighted by Gasteiger charge is -2.44. The number of carbonyl (C=O) groups excluding carboxylic acids is 1. The van der Waals surface area contributed by atoms with Crippen LogP contribution in [0.25, 0.3) is 0 Å². The highest BCUT2D eigenvalue weighted by Gasteiger charge is 2.39. The molecular weight excluding hydrogens is 228 g/mol. The lowest BCUT2D eigenvalue weighted by atomic mass is 9.94. The molecule has 1 fully saturated rings. The smallest absolute Gasteiger partial charge is 0.254 e. The average Bonchev–Trinajstić information content (AvgIpc) is 2.34. The Labute approximate surface area is 107 Å². The fourth-order valence-corrected chi connectivity index (χ4v) is 2.72. The number of nitrogens with zero attached hydrogens (tertiary/aromatic N) is 1. The predicted octanol–water partition coefficient (Wildman–Crippen LogP) is 0.539. The van der Waals surface area contributed by atoms with Gasteiger partial charge in [-0.05, 0) is 43.1 Å². The van der Waals surface area contributed by atoms with Gasteiger partial charge in [0.15, 0.2) is 0 Å². The lowest BCUT2D eigenvalue weighted by Crippen LogP contribution is -2.61. The Balaban J connectivity index is 1.78. The molecule has 1 aromatic carbocycles. The second kappa shape index (κ2) is 4.07. The Morgan fingerprint density at radius 3 is 2.89 bits per heavy atom. The van der Waals surface area contributed by atoms with Gasteiger partial charge in [0, 0.05) is 12.1 Å². The molecule has 3 rings (SSSR count). The van der Waals surface area contributed by atoms with Crippen molar-refractivity contribution in [1.82, 2.24) is 10.2 Å². The molecule has 4 nitrogen and oxygen atoms in total. The van der Waals surface area contributed by atoms with E-state index in [1.54, 1.807) is 11.8 Å². The van der Waals surface area contributed by atoms with Crippen LogP contribution in [0, 0.1) is 0 Å². The van der Waals surface area contributed by atoms with Crippen molar-refractivity contribution in [1.29, 1.82) is 0 Å². The van der Waals surface area contributed by atoms with Crippen LogP contribution in [0.1, 0.15) is 28.4 Å². The lowest BCUT2D eigenvalue weighted by molar-refractivity contribution is -0.0668. The van der Waals surface area contributed by atoms with Gasteiger partial charge in [0.05, 0.1) is 18.7 Å².